The number of anilines is 2. The molecule has 1 amide bonds. The molecule has 0 saturated heterocycles. The first-order chi connectivity index (χ1) is 10.6. The zero-order valence-corrected chi connectivity index (χ0v) is 14.0. The first-order valence-electron chi connectivity index (χ1n) is 6.72. The van der Waals surface area contributed by atoms with Gasteiger partial charge < -0.3 is 15.4 Å². The molecule has 1 heterocycles. The van der Waals surface area contributed by atoms with Crippen molar-refractivity contribution in [2.75, 3.05) is 30.9 Å². The minimum Gasteiger partial charge on any atom is -0.383 e. The number of nitrogens with one attached hydrogen (secondary N) is 2. The Morgan fingerprint density at radius 3 is 2.68 bits per heavy atom. The number of halogens is 1. The summed E-state index contributed by atoms with van der Waals surface area (Å²) in [5.74, 6) is 0.221. The van der Waals surface area contributed by atoms with Gasteiger partial charge in [-0.1, -0.05) is 15.9 Å². The van der Waals surface area contributed by atoms with Crippen LogP contribution in [0.15, 0.2) is 35.1 Å². The van der Waals surface area contributed by atoms with Crippen LogP contribution in [0.5, 0.6) is 0 Å². The molecule has 2 rings (SSSR count). The number of aromatic nitrogens is 2. The van der Waals surface area contributed by atoms with E-state index in [0.717, 1.165) is 15.7 Å². The van der Waals surface area contributed by atoms with Crippen LogP contribution in [-0.4, -0.2) is 36.1 Å². The van der Waals surface area contributed by atoms with Crippen molar-refractivity contribution in [1.82, 2.24) is 9.97 Å². The third-order valence-electron chi connectivity index (χ3n) is 2.92. The minimum absolute atomic E-state index is 0.245. The standard InChI is InChI=1S/C15H17BrN4O2/c1-10-7-12(3-4-13(10)16)20-14(21)11-8-18-15(19-9-11)17-5-6-22-2/h3-4,7-9H,5-6H2,1-2H3,(H,20,21)(H,17,18,19). The number of rotatable bonds is 6. The Morgan fingerprint density at radius 1 is 1.32 bits per heavy atom. The molecule has 0 saturated carbocycles. The normalized spacial score (nSPS) is 10.3. The summed E-state index contributed by atoms with van der Waals surface area (Å²) in [6.45, 7) is 3.14. The second-order valence-electron chi connectivity index (χ2n) is 4.63. The van der Waals surface area contributed by atoms with E-state index in [1.165, 1.54) is 12.4 Å². The van der Waals surface area contributed by atoms with Gasteiger partial charge in [0.2, 0.25) is 5.95 Å². The van der Waals surface area contributed by atoms with E-state index in [2.05, 4.69) is 36.5 Å². The quantitative estimate of drug-likeness (QED) is 0.770. The van der Waals surface area contributed by atoms with Crippen LogP contribution in [-0.2, 0) is 4.74 Å². The van der Waals surface area contributed by atoms with Crippen LogP contribution in [0.4, 0.5) is 11.6 Å². The maximum absolute atomic E-state index is 12.1. The Balaban J connectivity index is 1.98. The van der Waals surface area contributed by atoms with Gasteiger partial charge in [0.05, 0.1) is 12.2 Å². The summed E-state index contributed by atoms with van der Waals surface area (Å²) in [6.07, 6.45) is 2.98. The van der Waals surface area contributed by atoms with Gasteiger partial charge in [-0.05, 0) is 30.7 Å². The monoisotopic (exact) mass is 364 g/mol. The topological polar surface area (TPSA) is 76.1 Å². The van der Waals surface area contributed by atoms with E-state index in [1.807, 2.05) is 25.1 Å². The van der Waals surface area contributed by atoms with Gasteiger partial charge in [0.15, 0.2) is 0 Å². The van der Waals surface area contributed by atoms with Crippen molar-refractivity contribution < 1.29 is 9.53 Å². The van der Waals surface area contributed by atoms with E-state index < -0.39 is 0 Å². The summed E-state index contributed by atoms with van der Waals surface area (Å²) < 4.78 is 5.92. The van der Waals surface area contributed by atoms with Crippen LogP contribution < -0.4 is 10.6 Å². The van der Waals surface area contributed by atoms with Crippen molar-refractivity contribution in [3.05, 3.63) is 46.2 Å². The molecule has 22 heavy (non-hydrogen) atoms. The van der Waals surface area contributed by atoms with Gasteiger partial charge in [-0.25, -0.2) is 9.97 Å². The SMILES string of the molecule is COCCNc1ncc(C(=O)Nc2ccc(Br)c(C)c2)cn1. The summed E-state index contributed by atoms with van der Waals surface area (Å²) in [5, 5.41) is 5.81. The van der Waals surface area contributed by atoms with Crippen molar-refractivity contribution in [1.29, 1.82) is 0 Å². The molecule has 1 aromatic carbocycles. The van der Waals surface area contributed by atoms with Gasteiger partial charge in [-0.2, -0.15) is 0 Å². The number of carbonyl (C=O) groups excluding carboxylic acids is 1. The van der Waals surface area contributed by atoms with E-state index in [1.54, 1.807) is 7.11 Å². The second-order valence-corrected chi connectivity index (χ2v) is 5.49. The molecule has 0 aliphatic heterocycles. The third kappa shape index (κ3) is 4.51. The minimum atomic E-state index is -0.245. The molecule has 0 atom stereocenters. The lowest BCUT2D eigenvalue weighted by Crippen LogP contribution is -2.14. The number of carbonyl (C=O) groups is 1. The van der Waals surface area contributed by atoms with Crippen molar-refractivity contribution in [3.8, 4) is 0 Å². The van der Waals surface area contributed by atoms with Gasteiger partial charge in [-0.15, -0.1) is 0 Å². The molecular formula is C15H17BrN4O2. The molecule has 0 unspecified atom stereocenters. The van der Waals surface area contributed by atoms with Crippen LogP contribution in [0.25, 0.3) is 0 Å². The highest BCUT2D eigenvalue weighted by Gasteiger charge is 2.08. The van der Waals surface area contributed by atoms with Crippen LogP contribution in [0.1, 0.15) is 15.9 Å². The third-order valence-corrected chi connectivity index (χ3v) is 3.81. The average molecular weight is 365 g/mol. The number of methoxy groups -OCH3 is 1. The fourth-order valence-corrected chi connectivity index (χ4v) is 1.97. The van der Waals surface area contributed by atoms with Crippen LogP contribution in [0, 0.1) is 6.92 Å². The highest BCUT2D eigenvalue weighted by molar-refractivity contribution is 9.10. The predicted molar refractivity (Wildman–Crippen MR) is 89.2 cm³/mol. The zero-order chi connectivity index (χ0) is 15.9. The maximum atomic E-state index is 12.1. The Hall–Kier alpha value is -1.99. The Bertz CT molecular complexity index is 646. The Labute approximate surface area is 137 Å². The molecule has 2 aromatic rings. The molecule has 1 aromatic heterocycles. The van der Waals surface area contributed by atoms with Gasteiger partial charge in [0.1, 0.15) is 0 Å². The summed E-state index contributed by atoms with van der Waals surface area (Å²) in [7, 11) is 1.62. The summed E-state index contributed by atoms with van der Waals surface area (Å²) >= 11 is 3.43. The van der Waals surface area contributed by atoms with Crippen molar-refractivity contribution in [2.24, 2.45) is 0 Å². The van der Waals surface area contributed by atoms with E-state index in [9.17, 15) is 4.79 Å². The average Bonchev–Trinajstić information content (AvgIpc) is 2.52. The highest BCUT2D eigenvalue weighted by Crippen LogP contribution is 2.20. The van der Waals surface area contributed by atoms with Gasteiger partial charge in [0, 0.05) is 36.2 Å². The summed E-state index contributed by atoms with van der Waals surface area (Å²) in [6, 6.07) is 5.62. The van der Waals surface area contributed by atoms with E-state index >= 15 is 0 Å². The molecule has 6 nitrogen and oxygen atoms in total. The lowest BCUT2D eigenvalue weighted by Gasteiger charge is -2.08. The van der Waals surface area contributed by atoms with E-state index in [-0.39, 0.29) is 5.91 Å². The Kier molecular flexibility index (Phi) is 5.85. The number of nitrogens with zero attached hydrogens (tertiary/aromatic N) is 2. The number of ether oxygens (including phenoxy) is 1. The molecule has 0 bridgehead atoms. The molecular weight excluding hydrogens is 348 g/mol. The van der Waals surface area contributed by atoms with Gasteiger partial charge in [-0.3, -0.25) is 4.79 Å². The van der Waals surface area contributed by atoms with Crippen LogP contribution in [0.2, 0.25) is 0 Å². The highest BCUT2D eigenvalue weighted by atomic mass is 79.9. The van der Waals surface area contributed by atoms with Crippen molar-refractivity contribution >= 4 is 33.5 Å². The first kappa shape index (κ1) is 16.4. The molecule has 7 heteroatoms. The maximum Gasteiger partial charge on any atom is 0.258 e. The number of hydrogen-bond donors (Lipinski definition) is 2. The Morgan fingerprint density at radius 2 is 2.05 bits per heavy atom. The van der Waals surface area contributed by atoms with E-state index in [0.29, 0.717) is 24.7 Å². The molecule has 0 aliphatic carbocycles. The summed E-state index contributed by atoms with van der Waals surface area (Å²) in [4.78, 5) is 20.3. The lowest BCUT2D eigenvalue weighted by atomic mass is 10.2. The first-order valence-corrected chi connectivity index (χ1v) is 7.52. The molecule has 0 fully saturated rings. The molecule has 0 radical (unpaired) electrons. The largest absolute Gasteiger partial charge is 0.383 e. The number of hydrogen-bond acceptors (Lipinski definition) is 5. The van der Waals surface area contributed by atoms with Gasteiger partial charge in [0.25, 0.3) is 5.91 Å². The fraction of sp³-hybridized carbons (Fsp3) is 0.267. The molecule has 0 spiro atoms. The fourth-order valence-electron chi connectivity index (χ4n) is 1.73. The van der Waals surface area contributed by atoms with Gasteiger partial charge >= 0.3 is 0 Å². The number of aryl methyl sites for hydroxylation is 1. The van der Waals surface area contributed by atoms with E-state index in [4.69, 9.17) is 4.74 Å². The molecule has 116 valence electrons. The van der Waals surface area contributed by atoms with Crippen molar-refractivity contribution in [3.63, 3.8) is 0 Å². The molecule has 0 aliphatic rings. The van der Waals surface area contributed by atoms with Crippen LogP contribution in [0.3, 0.4) is 0 Å². The second kappa shape index (κ2) is 7.86. The number of benzene rings is 1. The predicted octanol–water partition coefficient (Wildman–Crippen LogP) is 2.86. The number of amides is 1. The summed E-state index contributed by atoms with van der Waals surface area (Å²) in [5.41, 5.74) is 2.18. The zero-order valence-electron chi connectivity index (χ0n) is 12.4. The molecule has 2 N–H and O–H groups in total. The smallest absolute Gasteiger partial charge is 0.258 e. The lowest BCUT2D eigenvalue weighted by molar-refractivity contribution is 0.102. The van der Waals surface area contributed by atoms with Crippen molar-refractivity contribution in [2.45, 2.75) is 6.92 Å². The van der Waals surface area contributed by atoms with Crippen LogP contribution >= 0.6 is 15.9 Å².